The van der Waals surface area contributed by atoms with Gasteiger partial charge in [0.1, 0.15) is 5.82 Å². The molecule has 1 aliphatic rings. The molecule has 1 aromatic heterocycles. The molecule has 3 nitrogen and oxygen atoms in total. The molecule has 0 aromatic carbocycles. The Hall–Kier alpha value is -0.480. The van der Waals surface area contributed by atoms with Gasteiger partial charge < -0.3 is 9.67 Å². The number of rotatable bonds is 5. The van der Waals surface area contributed by atoms with Crippen molar-refractivity contribution < 1.29 is 5.11 Å². The summed E-state index contributed by atoms with van der Waals surface area (Å²) < 4.78 is 2.16. The summed E-state index contributed by atoms with van der Waals surface area (Å²) in [4.78, 5) is 4.36. The lowest BCUT2D eigenvalue weighted by Gasteiger charge is -2.26. The highest BCUT2D eigenvalue weighted by atomic mass is 32.2. The Labute approximate surface area is 108 Å². The van der Waals surface area contributed by atoms with Crippen molar-refractivity contribution in [2.45, 2.75) is 56.9 Å². The fraction of sp³-hybridized carbons (Fsp3) is 0.769. The van der Waals surface area contributed by atoms with Crippen LogP contribution in [0.5, 0.6) is 0 Å². The van der Waals surface area contributed by atoms with Gasteiger partial charge in [-0.05, 0) is 25.0 Å². The molecule has 17 heavy (non-hydrogen) atoms. The Morgan fingerprint density at radius 1 is 1.59 bits per heavy atom. The third kappa shape index (κ3) is 3.49. The van der Waals surface area contributed by atoms with Crippen LogP contribution in [-0.4, -0.2) is 31.8 Å². The van der Waals surface area contributed by atoms with Gasteiger partial charge in [-0.25, -0.2) is 4.98 Å². The van der Waals surface area contributed by atoms with Gasteiger partial charge in [0.2, 0.25) is 0 Å². The smallest absolute Gasteiger partial charge is 0.111 e. The van der Waals surface area contributed by atoms with E-state index in [9.17, 15) is 5.11 Å². The topological polar surface area (TPSA) is 38.0 Å². The standard InChI is InChI=1S/C13H22N2OS/c1-2-7-15-8-6-14-13(15)10-11(16)12-5-3-4-9-17-12/h6,8,11-12,16H,2-5,7,9-10H2,1H3. The van der Waals surface area contributed by atoms with Crippen LogP contribution >= 0.6 is 11.8 Å². The first-order valence-corrected chi connectivity index (χ1v) is 7.65. The number of nitrogens with zero attached hydrogens (tertiary/aromatic N) is 2. The Balaban J connectivity index is 1.92. The number of imidazole rings is 1. The minimum absolute atomic E-state index is 0.238. The van der Waals surface area contributed by atoms with E-state index in [1.54, 1.807) is 0 Å². The second-order valence-electron chi connectivity index (χ2n) is 4.71. The second-order valence-corrected chi connectivity index (χ2v) is 6.06. The summed E-state index contributed by atoms with van der Waals surface area (Å²) >= 11 is 1.93. The fourth-order valence-corrected chi connectivity index (χ4v) is 3.69. The normalized spacial score (nSPS) is 22.6. The predicted octanol–water partition coefficient (Wildman–Crippen LogP) is 2.48. The maximum atomic E-state index is 10.3. The van der Waals surface area contributed by atoms with Crippen LogP contribution in [-0.2, 0) is 13.0 Å². The lowest BCUT2D eigenvalue weighted by molar-refractivity contribution is 0.162. The molecule has 0 saturated carbocycles. The number of hydrogen-bond donors (Lipinski definition) is 1. The van der Waals surface area contributed by atoms with Gasteiger partial charge in [0.15, 0.2) is 0 Å². The largest absolute Gasteiger partial charge is 0.392 e. The van der Waals surface area contributed by atoms with Crippen molar-refractivity contribution in [1.29, 1.82) is 0 Å². The molecule has 0 aliphatic carbocycles. The zero-order chi connectivity index (χ0) is 12.1. The number of thioether (sulfide) groups is 1. The average Bonchev–Trinajstić information content (AvgIpc) is 2.78. The van der Waals surface area contributed by atoms with E-state index in [0.29, 0.717) is 11.7 Å². The van der Waals surface area contributed by atoms with Gasteiger partial charge in [0.05, 0.1) is 6.10 Å². The van der Waals surface area contributed by atoms with Crippen molar-refractivity contribution in [3.05, 3.63) is 18.2 Å². The highest BCUT2D eigenvalue weighted by Gasteiger charge is 2.23. The number of aliphatic hydroxyl groups excluding tert-OH is 1. The Morgan fingerprint density at radius 2 is 2.47 bits per heavy atom. The molecule has 2 atom stereocenters. The SMILES string of the molecule is CCCn1ccnc1CC(O)C1CCCCS1. The highest BCUT2D eigenvalue weighted by molar-refractivity contribution is 8.00. The van der Waals surface area contributed by atoms with Crippen molar-refractivity contribution in [1.82, 2.24) is 9.55 Å². The van der Waals surface area contributed by atoms with Crippen molar-refractivity contribution >= 4 is 11.8 Å². The minimum Gasteiger partial charge on any atom is -0.392 e. The molecule has 0 radical (unpaired) electrons. The van der Waals surface area contributed by atoms with E-state index in [2.05, 4.69) is 16.5 Å². The van der Waals surface area contributed by atoms with E-state index < -0.39 is 0 Å². The molecule has 0 spiro atoms. The summed E-state index contributed by atoms with van der Waals surface area (Å²) in [6.45, 7) is 3.16. The summed E-state index contributed by atoms with van der Waals surface area (Å²) in [6.07, 6.45) is 9.14. The van der Waals surface area contributed by atoms with E-state index in [1.165, 1.54) is 18.6 Å². The molecule has 1 saturated heterocycles. The first-order valence-electron chi connectivity index (χ1n) is 6.61. The first-order chi connectivity index (χ1) is 8.31. The van der Waals surface area contributed by atoms with Gasteiger partial charge in [0.25, 0.3) is 0 Å². The molecule has 1 aliphatic heterocycles. The van der Waals surface area contributed by atoms with Gasteiger partial charge in [-0.3, -0.25) is 0 Å². The van der Waals surface area contributed by atoms with Crippen molar-refractivity contribution in [3.8, 4) is 0 Å². The molecule has 2 heterocycles. The molecule has 0 bridgehead atoms. The van der Waals surface area contributed by atoms with Gasteiger partial charge in [0, 0.05) is 30.6 Å². The molecule has 96 valence electrons. The lowest BCUT2D eigenvalue weighted by atomic mass is 10.1. The Bertz CT molecular complexity index is 334. The molecular formula is C13H22N2OS. The highest BCUT2D eigenvalue weighted by Crippen LogP contribution is 2.28. The molecule has 4 heteroatoms. The van der Waals surface area contributed by atoms with Crippen LogP contribution in [0.1, 0.15) is 38.4 Å². The summed E-state index contributed by atoms with van der Waals surface area (Å²) in [6, 6.07) is 0. The Kier molecular flexibility index (Phi) is 4.92. The van der Waals surface area contributed by atoms with Crippen molar-refractivity contribution in [3.63, 3.8) is 0 Å². The maximum Gasteiger partial charge on any atom is 0.111 e. The zero-order valence-electron chi connectivity index (χ0n) is 10.5. The molecule has 2 rings (SSSR count). The maximum absolute atomic E-state index is 10.3. The number of aryl methyl sites for hydroxylation is 1. The van der Waals surface area contributed by atoms with Crippen LogP contribution in [0.3, 0.4) is 0 Å². The van der Waals surface area contributed by atoms with E-state index in [1.807, 2.05) is 24.2 Å². The zero-order valence-corrected chi connectivity index (χ0v) is 11.3. The van der Waals surface area contributed by atoms with Crippen LogP contribution in [0, 0.1) is 0 Å². The summed E-state index contributed by atoms with van der Waals surface area (Å²) in [5.41, 5.74) is 0. The third-order valence-corrected chi connectivity index (χ3v) is 4.80. The first kappa shape index (κ1) is 13.0. The van der Waals surface area contributed by atoms with Crippen LogP contribution in [0.4, 0.5) is 0 Å². The second kappa shape index (κ2) is 6.45. The molecule has 1 fully saturated rings. The average molecular weight is 254 g/mol. The van der Waals surface area contributed by atoms with Gasteiger partial charge in [-0.2, -0.15) is 11.8 Å². The summed E-state index contributed by atoms with van der Waals surface area (Å²) in [7, 11) is 0. The molecule has 0 amide bonds. The summed E-state index contributed by atoms with van der Waals surface area (Å²) in [5.74, 6) is 2.23. The third-order valence-electron chi connectivity index (χ3n) is 3.30. The van der Waals surface area contributed by atoms with Gasteiger partial charge in [-0.1, -0.05) is 13.3 Å². The van der Waals surface area contributed by atoms with E-state index in [0.717, 1.165) is 25.2 Å². The fourth-order valence-electron chi connectivity index (χ4n) is 2.36. The van der Waals surface area contributed by atoms with E-state index in [-0.39, 0.29) is 6.10 Å². The van der Waals surface area contributed by atoms with Gasteiger partial charge >= 0.3 is 0 Å². The van der Waals surface area contributed by atoms with Crippen molar-refractivity contribution in [2.24, 2.45) is 0 Å². The van der Waals surface area contributed by atoms with E-state index in [4.69, 9.17) is 0 Å². The summed E-state index contributed by atoms with van der Waals surface area (Å²) in [5, 5.41) is 10.7. The Morgan fingerprint density at radius 3 is 3.18 bits per heavy atom. The lowest BCUT2D eigenvalue weighted by Crippen LogP contribution is -2.29. The number of aliphatic hydroxyl groups is 1. The predicted molar refractivity (Wildman–Crippen MR) is 72.3 cm³/mol. The van der Waals surface area contributed by atoms with Crippen LogP contribution in [0.2, 0.25) is 0 Å². The molecule has 2 unspecified atom stereocenters. The van der Waals surface area contributed by atoms with E-state index >= 15 is 0 Å². The number of aromatic nitrogens is 2. The van der Waals surface area contributed by atoms with Crippen molar-refractivity contribution in [2.75, 3.05) is 5.75 Å². The monoisotopic (exact) mass is 254 g/mol. The van der Waals surface area contributed by atoms with Gasteiger partial charge in [-0.15, -0.1) is 0 Å². The molecule has 1 N–H and O–H groups in total. The van der Waals surface area contributed by atoms with Crippen LogP contribution in [0.15, 0.2) is 12.4 Å². The molecule has 1 aromatic rings. The van der Waals surface area contributed by atoms with Crippen LogP contribution < -0.4 is 0 Å². The quantitative estimate of drug-likeness (QED) is 0.877. The van der Waals surface area contributed by atoms with Crippen LogP contribution in [0.25, 0.3) is 0 Å². The molecular weight excluding hydrogens is 232 g/mol. The minimum atomic E-state index is -0.238. The number of hydrogen-bond acceptors (Lipinski definition) is 3.